The first-order valence-electron chi connectivity index (χ1n) is 6.69. The maximum absolute atomic E-state index is 11.8. The molecule has 0 amide bonds. The van der Waals surface area contributed by atoms with Crippen LogP contribution in [0.1, 0.15) is 13.3 Å². The summed E-state index contributed by atoms with van der Waals surface area (Å²) < 4.78 is 24.8. The third-order valence-electron chi connectivity index (χ3n) is 3.66. The minimum absolute atomic E-state index is 0.0452. The van der Waals surface area contributed by atoms with E-state index in [0.29, 0.717) is 19.5 Å². The average Bonchev–Trinajstić information content (AvgIpc) is 2.82. The molecule has 0 spiro atoms. The summed E-state index contributed by atoms with van der Waals surface area (Å²) in [5.41, 5.74) is -1.02. The molecule has 7 heteroatoms. The average molecular weight is 299 g/mol. The molecule has 1 aromatic rings. The number of pyridine rings is 1. The minimum Gasteiger partial charge on any atom is -0.387 e. The number of anilines is 1. The lowest BCUT2D eigenvalue weighted by atomic mass is 10.0. The van der Waals surface area contributed by atoms with Crippen LogP contribution in [0.2, 0.25) is 0 Å². The lowest BCUT2D eigenvalue weighted by molar-refractivity contribution is 0.0479. The van der Waals surface area contributed by atoms with Crippen molar-refractivity contribution in [3.8, 4) is 0 Å². The standard InChI is InChI=1S/C13H21N3O3S/c1-3-20(18,19)15(2)10-13(17)7-9-16(11-13)12-6-4-5-8-14-12/h4-6,8,17H,3,7,9-11H2,1-2H3. The predicted octanol–water partition coefficient (Wildman–Crippen LogP) is 0.304. The van der Waals surface area contributed by atoms with Crippen molar-refractivity contribution in [1.29, 1.82) is 0 Å². The fourth-order valence-corrected chi connectivity index (χ4v) is 3.33. The van der Waals surface area contributed by atoms with Gasteiger partial charge in [-0.1, -0.05) is 6.07 Å². The Kier molecular flexibility index (Phi) is 4.31. The van der Waals surface area contributed by atoms with Gasteiger partial charge in [0.15, 0.2) is 0 Å². The van der Waals surface area contributed by atoms with Gasteiger partial charge in [-0.25, -0.2) is 17.7 Å². The highest BCUT2D eigenvalue weighted by atomic mass is 32.2. The molecule has 6 nitrogen and oxygen atoms in total. The van der Waals surface area contributed by atoms with Crippen LogP contribution in [0.5, 0.6) is 0 Å². The van der Waals surface area contributed by atoms with E-state index >= 15 is 0 Å². The first-order chi connectivity index (χ1) is 9.36. The number of rotatable bonds is 5. The second-order valence-corrected chi connectivity index (χ2v) is 7.60. The molecule has 2 rings (SSSR count). The highest BCUT2D eigenvalue weighted by molar-refractivity contribution is 7.89. The molecule has 1 aromatic heterocycles. The van der Waals surface area contributed by atoms with Crippen LogP contribution >= 0.6 is 0 Å². The molecule has 1 aliphatic rings. The molecule has 1 atom stereocenters. The largest absolute Gasteiger partial charge is 0.387 e. The molecule has 1 unspecified atom stereocenters. The van der Waals surface area contributed by atoms with Crippen LogP contribution in [0.4, 0.5) is 5.82 Å². The Morgan fingerprint density at radius 3 is 2.85 bits per heavy atom. The summed E-state index contributed by atoms with van der Waals surface area (Å²) in [7, 11) is -1.75. The molecule has 0 aromatic carbocycles. The third kappa shape index (κ3) is 3.28. The fraction of sp³-hybridized carbons (Fsp3) is 0.615. The van der Waals surface area contributed by atoms with Gasteiger partial charge in [0.05, 0.1) is 11.4 Å². The van der Waals surface area contributed by atoms with Crippen molar-refractivity contribution in [2.45, 2.75) is 18.9 Å². The first-order valence-corrected chi connectivity index (χ1v) is 8.30. The van der Waals surface area contributed by atoms with E-state index in [1.165, 1.54) is 11.4 Å². The number of nitrogens with zero attached hydrogens (tertiary/aromatic N) is 3. The number of aliphatic hydroxyl groups is 1. The monoisotopic (exact) mass is 299 g/mol. The van der Waals surface area contributed by atoms with Gasteiger partial charge in [-0.15, -0.1) is 0 Å². The smallest absolute Gasteiger partial charge is 0.213 e. The molecule has 1 N–H and O–H groups in total. The summed E-state index contributed by atoms with van der Waals surface area (Å²) in [6, 6.07) is 5.62. The molecule has 112 valence electrons. The molecule has 1 fully saturated rings. The molecule has 0 aliphatic carbocycles. The van der Waals surface area contributed by atoms with Crippen LogP contribution in [0.3, 0.4) is 0 Å². The zero-order valence-electron chi connectivity index (χ0n) is 11.9. The highest BCUT2D eigenvalue weighted by Crippen LogP contribution is 2.26. The van der Waals surface area contributed by atoms with E-state index in [0.717, 1.165) is 5.82 Å². The number of hydrogen-bond acceptors (Lipinski definition) is 5. The second kappa shape index (κ2) is 5.67. The number of hydrogen-bond donors (Lipinski definition) is 1. The van der Waals surface area contributed by atoms with E-state index in [1.54, 1.807) is 13.1 Å². The lowest BCUT2D eigenvalue weighted by Crippen LogP contribution is -2.46. The van der Waals surface area contributed by atoms with Crippen LogP contribution in [0.25, 0.3) is 0 Å². The topological polar surface area (TPSA) is 73.7 Å². The van der Waals surface area contributed by atoms with Crippen molar-refractivity contribution in [2.24, 2.45) is 0 Å². The molecule has 20 heavy (non-hydrogen) atoms. The minimum atomic E-state index is -3.27. The van der Waals surface area contributed by atoms with Crippen molar-refractivity contribution in [3.05, 3.63) is 24.4 Å². The Balaban J connectivity index is 2.04. The normalized spacial score (nSPS) is 23.5. The molecule has 1 saturated heterocycles. The maximum atomic E-state index is 11.8. The van der Waals surface area contributed by atoms with Crippen LogP contribution in [-0.2, 0) is 10.0 Å². The quantitative estimate of drug-likeness (QED) is 0.847. The van der Waals surface area contributed by atoms with Gasteiger partial charge < -0.3 is 10.0 Å². The van der Waals surface area contributed by atoms with Crippen molar-refractivity contribution in [3.63, 3.8) is 0 Å². The zero-order valence-corrected chi connectivity index (χ0v) is 12.7. The van der Waals surface area contributed by atoms with E-state index < -0.39 is 15.6 Å². The lowest BCUT2D eigenvalue weighted by Gasteiger charge is -2.28. The number of likely N-dealkylation sites (N-methyl/N-ethyl adjacent to an activating group) is 1. The molecule has 0 bridgehead atoms. The van der Waals surface area contributed by atoms with Gasteiger partial charge >= 0.3 is 0 Å². The van der Waals surface area contributed by atoms with E-state index in [1.807, 2.05) is 23.1 Å². The van der Waals surface area contributed by atoms with Crippen molar-refractivity contribution >= 4 is 15.8 Å². The first kappa shape index (κ1) is 15.2. The van der Waals surface area contributed by atoms with Gasteiger partial charge in [-0.2, -0.15) is 0 Å². The van der Waals surface area contributed by atoms with Gasteiger partial charge in [-0.05, 0) is 25.5 Å². The van der Waals surface area contributed by atoms with Crippen molar-refractivity contribution in [2.75, 3.05) is 37.3 Å². The molecular formula is C13H21N3O3S. The highest BCUT2D eigenvalue weighted by Gasteiger charge is 2.39. The van der Waals surface area contributed by atoms with Crippen LogP contribution < -0.4 is 4.90 Å². The second-order valence-electron chi connectivity index (χ2n) is 5.24. The summed E-state index contributed by atoms with van der Waals surface area (Å²) in [4.78, 5) is 6.23. The number of sulfonamides is 1. The Morgan fingerprint density at radius 1 is 1.50 bits per heavy atom. The Hall–Kier alpha value is -1.18. The Morgan fingerprint density at radius 2 is 2.25 bits per heavy atom. The zero-order chi connectivity index (χ0) is 14.8. The molecule has 1 aliphatic heterocycles. The maximum Gasteiger partial charge on any atom is 0.213 e. The summed E-state index contributed by atoms with van der Waals surface area (Å²) in [6.07, 6.45) is 2.24. The summed E-state index contributed by atoms with van der Waals surface area (Å²) in [5.74, 6) is 0.855. The van der Waals surface area contributed by atoms with Gasteiger partial charge in [-0.3, -0.25) is 0 Å². The number of aromatic nitrogens is 1. The predicted molar refractivity (Wildman–Crippen MR) is 78.1 cm³/mol. The van der Waals surface area contributed by atoms with E-state index in [2.05, 4.69) is 4.98 Å². The number of β-amino-alcohol motifs (C(OH)–C–C–N with tert-alkyl or cyclic N) is 1. The SMILES string of the molecule is CCS(=O)(=O)N(C)CC1(O)CCN(c2ccccn2)C1. The van der Waals surface area contributed by atoms with Gasteiger partial charge in [0.1, 0.15) is 5.82 Å². The van der Waals surface area contributed by atoms with Gasteiger partial charge in [0.2, 0.25) is 10.0 Å². The summed E-state index contributed by atoms with van der Waals surface area (Å²) in [5, 5.41) is 10.6. The van der Waals surface area contributed by atoms with Crippen LogP contribution in [-0.4, -0.2) is 60.8 Å². The van der Waals surface area contributed by atoms with E-state index in [4.69, 9.17) is 0 Å². The van der Waals surface area contributed by atoms with Crippen molar-refractivity contribution < 1.29 is 13.5 Å². The van der Waals surface area contributed by atoms with Crippen LogP contribution in [0, 0.1) is 0 Å². The molecule has 0 saturated carbocycles. The fourth-order valence-electron chi connectivity index (χ4n) is 2.46. The van der Waals surface area contributed by atoms with E-state index in [-0.39, 0.29) is 12.3 Å². The summed E-state index contributed by atoms with van der Waals surface area (Å²) in [6.45, 7) is 2.79. The third-order valence-corrected chi connectivity index (χ3v) is 5.47. The Labute approximate surface area is 120 Å². The molecule has 0 radical (unpaired) electrons. The van der Waals surface area contributed by atoms with Crippen molar-refractivity contribution in [1.82, 2.24) is 9.29 Å². The molecular weight excluding hydrogens is 278 g/mol. The van der Waals surface area contributed by atoms with Gasteiger partial charge in [0.25, 0.3) is 0 Å². The Bertz CT molecular complexity index is 549. The molecule has 2 heterocycles. The van der Waals surface area contributed by atoms with E-state index in [9.17, 15) is 13.5 Å². The van der Waals surface area contributed by atoms with Crippen LogP contribution in [0.15, 0.2) is 24.4 Å². The van der Waals surface area contributed by atoms with Gasteiger partial charge in [0, 0.05) is 32.9 Å². The summed E-state index contributed by atoms with van der Waals surface area (Å²) >= 11 is 0.